The smallest absolute Gasteiger partial charge is 0.243 e. The second-order valence-electron chi connectivity index (χ2n) is 6.52. The van der Waals surface area contributed by atoms with Crippen LogP contribution in [0.5, 0.6) is 0 Å². The monoisotopic (exact) mass is 425 g/mol. The Balaban J connectivity index is 1.63. The summed E-state index contributed by atoms with van der Waals surface area (Å²) in [6, 6.07) is 10.1. The normalized spacial score (nSPS) is 15.2. The van der Waals surface area contributed by atoms with Gasteiger partial charge in [0.2, 0.25) is 15.9 Å². The van der Waals surface area contributed by atoms with Crippen molar-refractivity contribution >= 4 is 38.9 Å². The summed E-state index contributed by atoms with van der Waals surface area (Å²) in [6.45, 7) is 0.961. The zero-order valence-electron chi connectivity index (χ0n) is 15.1. The van der Waals surface area contributed by atoms with Crippen molar-refractivity contribution in [2.24, 2.45) is 0 Å². The first-order chi connectivity index (χ1) is 13.4. The van der Waals surface area contributed by atoms with E-state index in [4.69, 9.17) is 11.6 Å². The summed E-state index contributed by atoms with van der Waals surface area (Å²) < 4.78 is 40.1. The molecule has 2 aromatic rings. The number of carbonyl (C=O) groups excluding carboxylic acids is 1. The standard InChI is InChI=1S/C19H21ClFN3O3S/c20-17-11-14(21)7-8-18(17)23-19(25)13-22-15-5-4-6-16(12-15)28(26,27)24-9-2-1-3-10-24/h4-8,11-12,22H,1-3,9-10,13H2,(H,23,25). The highest BCUT2D eigenvalue weighted by atomic mass is 35.5. The number of piperidine rings is 1. The maximum Gasteiger partial charge on any atom is 0.243 e. The Bertz CT molecular complexity index is 963. The number of anilines is 2. The molecule has 1 fully saturated rings. The number of rotatable bonds is 6. The average molecular weight is 426 g/mol. The van der Waals surface area contributed by atoms with E-state index >= 15 is 0 Å². The molecule has 1 heterocycles. The molecule has 1 aliphatic heterocycles. The Kier molecular flexibility index (Phi) is 6.53. The molecular weight excluding hydrogens is 405 g/mol. The molecule has 9 heteroatoms. The second kappa shape index (κ2) is 8.89. The van der Waals surface area contributed by atoms with Gasteiger partial charge < -0.3 is 10.6 Å². The molecule has 3 rings (SSSR count). The molecule has 0 spiro atoms. The fourth-order valence-electron chi connectivity index (χ4n) is 2.99. The third-order valence-corrected chi connectivity index (χ3v) is 6.65. The lowest BCUT2D eigenvalue weighted by Crippen LogP contribution is -2.35. The predicted octanol–water partition coefficient (Wildman–Crippen LogP) is 3.70. The molecule has 28 heavy (non-hydrogen) atoms. The third-order valence-electron chi connectivity index (χ3n) is 4.45. The molecule has 0 aliphatic carbocycles. The van der Waals surface area contributed by atoms with Crippen LogP contribution in [0.25, 0.3) is 0 Å². The van der Waals surface area contributed by atoms with Crippen LogP contribution in [0.3, 0.4) is 0 Å². The molecule has 2 aromatic carbocycles. The van der Waals surface area contributed by atoms with Crippen molar-refractivity contribution < 1.29 is 17.6 Å². The molecular formula is C19H21ClFN3O3S. The second-order valence-corrected chi connectivity index (χ2v) is 8.86. The highest BCUT2D eigenvalue weighted by Crippen LogP contribution is 2.24. The first-order valence-corrected chi connectivity index (χ1v) is 10.8. The molecule has 1 amide bonds. The van der Waals surface area contributed by atoms with Gasteiger partial charge in [-0.05, 0) is 49.2 Å². The van der Waals surface area contributed by atoms with Crippen molar-refractivity contribution in [1.82, 2.24) is 4.31 Å². The van der Waals surface area contributed by atoms with E-state index in [0.717, 1.165) is 25.3 Å². The summed E-state index contributed by atoms with van der Waals surface area (Å²) in [4.78, 5) is 12.3. The molecule has 0 radical (unpaired) electrons. The quantitative estimate of drug-likeness (QED) is 0.739. The van der Waals surface area contributed by atoms with E-state index in [2.05, 4.69) is 10.6 Å². The topological polar surface area (TPSA) is 78.5 Å². The number of sulfonamides is 1. The molecule has 1 saturated heterocycles. The maximum absolute atomic E-state index is 13.1. The lowest BCUT2D eigenvalue weighted by molar-refractivity contribution is -0.114. The fourth-order valence-corrected chi connectivity index (χ4v) is 4.77. The number of hydrogen-bond acceptors (Lipinski definition) is 4. The zero-order chi connectivity index (χ0) is 20.1. The highest BCUT2D eigenvalue weighted by molar-refractivity contribution is 7.89. The minimum Gasteiger partial charge on any atom is -0.376 e. The van der Waals surface area contributed by atoms with E-state index in [0.29, 0.717) is 24.5 Å². The van der Waals surface area contributed by atoms with Gasteiger partial charge in [-0.15, -0.1) is 0 Å². The van der Waals surface area contributed by atoms with Crippen LogP contribution in [-0.4, -0.2) is 38.3 Å². The maximum atomic E-state index is 13.1. The van der Waals surface area contributed by atoms with E-state index in [-0.39, 0.29) is 16.5 Å². The van der Waals surface area contributed by atoms with Crippen LogP contribution in [0.4, 0.5) is 15.8 Å². The Hall–Kier alpha value is -2.16. The summed E-state index contributed by atoms with van der Waals surface area (Å²) in [6.07, 6.45) is 2.77. The van der Waals surface area contributed by atoms with E-state index in [9.17, 15) is 17.6 Å². The molecule has 0 unspecified atom stereocenters. The van der Waals surface area contributed by atoms with Crippen LogP contribution in [0, 0.1) is 5.82 Å². The average Bonchev–Trinajstić information content (AvgIpc) is 2.69. The third kappa shape index (κ3) is 5.01. The first kappa shape index (κ1) is 20.6. The predicted molar refractivity (Wildman–Crippen MR) is 108 cm³/mol. The molecule has 1 aliphatic rings. The zero-order valence-corrected chi connectivity index (χ0v) is 16.7. The number of carbonyl (C=O) groups is 1. The van der Waals surface area contributed by atoms with Gasteiger partial charge in [-0.1, -0.05) is 24.1 Å². The van der Waals surface area contributed by atoms with Gasteiger partial charge >= 0.3 is 0 Å². The van der Waals surface area contributed by atoms with Crippen LogP contribution in [0.2, 0.25) is 5.02 Å². The molecule has 6 nitrogen and oxygen atoms in total. The molecule has 2 N–H and O–H groups in total. The van der Waals surface area contributed by atoms with Gasteiger partial charge in [0.1, 0.15) is 5.82 Å². The summed E-state index contributed by atoms with van der Waals surface area (Å²) in [5.74, 6) is -0.884. The lowest BCUT2D eigenvalue weighted by atomic mass is 10.2. The summed E-state index contributed by atoms with van der Waals surface area (Å²) in [5, 5.41) is 5.58. The molecule has 0 bridgehead atoms. The van der Waals surface area contributed by atoms with E-state index < -0.39 is 21.7 Å². The SMILES string of the molecule is O=C(CNc1cccc(S(=O)(=O)N2CCCCC2)c1)Nc1ccc(F)cc1Cl. The highest BCUT2D eigenvalue weighted by Gasteiger charge is 2.26. The van der Waals surface area contributed by atoms with Crippen LogP contribution in [-0.2, 0) is 14.8 Å². The van der Waals surface area contributed by atoms with Crippen molar-refractivity contribution in [3.63, 3.8) is 0 Å². The number of nitrogens with one attached hydrogen (secondary N) is 2. The van der Waals surface area contributed by atoms with Gasteiger partial charge in [-0.2, -0.15) is 4.31 Å². The van der Waals surface area contributed by atoms with Crippen molar-refractivity contribution in [3.05, 3.63) is 53.3 Å². The van der Waals surface area contributed by atoms with Gasteiger partial charge in [0, 0.05) is 18.8 Å². The Morgan fingerprint density at radius 3 is 2.57 bits per heavy atom. The van der Waals surface area contributed by atoms with E-state index in [1.54, 1.807) is 18.2 Å². The Labute approximate surface area is 168 Å². The Morgan fingerprint density at radius 1 is 1.11 bits per heavy atom. The Morgan fingerprint density at radius 2 is 1.86 bits per heavy atom. The van der Waals surface area contributed by atoms with Gasteiger partial charge in [-0.3, -0.25) is 4.79 Å². The summed E-state index contributed by atoms with van der Waals surface area (Å²) in [7, 11) is -3.54. The molecule has 150 valence electrons. The van der Waals surface area contributed by atoms with Gasteiger partial charge in [0.15, 0.2) is 0 Å². The molecule has 0 saturated carbocycles. The van der Waals surface area contributed by atoms with E-state index in [1.165, 1.54) is 22.5 Å². The number of amides is 1. The van der Waals surface area contributed by atoms with Crippen molar-refractivity contribution in [2.45, 2.75) is 24.2 Å². The van der Waals surface area contributed by atoms with Crippen LogP contribution in [0.15, 0.2) is 47.4 Å². The largest absolute Gasteiger partial charge is 0.376 e. The summed E-state index contributed by atoms with van der Waals surface area (Å²) in [5.41, 5.74) is 0.815. The van der Waals surface area contributed by atoms with Gasteiger partial charge in [0.05, 0.1) is 22.2 Å². The number of hydrogen-bond donors (Lipinski definition) is 2. The van der Waals surface area contributed by atoms with Crippen LogP contribution in [0.1, 0.15) is 19.3 Å². The van der Waals surface area contributed by atoms with Gasteiger partial charge in [-0.25, -0.2) is 12.8 Å². The molecule has 0 aromatic heterocycles. The van der Waals surface area contributed by atoms with E-state index in [1.807, 2.05) is 0 Å². The van der Waals surface area contributed by atoms with Crippen molar-refractivity contribution in [1.29, 1.82) is 0 Å². The summed E-state index contributed by atoms with van der Waals surface area (Å²) >= 11 is 5.89. The lowest BCUT2D eigenvalue weighted by Gasteiger charge is -2.26. The van der Waals surface area contributed by atoms with Crippen LogP contribution < -0.4 is 10.6 Å². The van der Waals surface area contributed by atoms with Crippen LogP contribution >= 0.6 is 11.6 Å². The number of halogens is 2. The first-order valence-electron chi connectivity index (χ1n) is 8.95. The van der Waals surface area contributed by atoms with Crippen molar-refractivity contribution in [2.75, 3.05) is 30.3 Å². The minimum absolute atomic E-state index is 0.0963. The van der Waals surface area contributed by atoms with Crippen molar-refractivity contribution in [3.8, 4) is 0 Å². The fraction of sp³-hybridized carbons (Fsp3) is 0.316. The van der Waals surface area contributed by atoms with Gasteiger partial charge in [0.25, 0.3) is 0 Å². The number of benzene rings is 2. The number of nitrogens with zero attached hydrogens (tertiary/aromatic N) is 1. The molecule has 0 atom stereocenters. The minimum atomic E-state index is -3.54.